The maximum absolute atomic E-state index is 11.8. The van der Waals surface area contributed by atoms with Crippen molar-refractivity contribution in [1.29, 1.82) is 0 Å². The molecule has 4 aliphatic rings. The van der Waals surface area contributed by atoms with E-state index in [0.29, 0.717) is 0 Å². The number of aliphatic hydroxyl groups is 1. The number of carbonyl (C=O) groups excluding carboxylic acids is 1. The molecule has 4 aliphatic heterocycles. The first-order chi connectivity index (χ1) is 15.5. The number of carbonyl (C=O) groups is 1. The fourth-order valence-electron chi connectivity index (χ4n) is 6.50. The van der Waals surface area contributed by atoms with Crippen LogP contribution in [0.3, 0.4) is 0 Å². The number of likely N-dealkylation sites (N-methyl/N-ethyl adjacent to an activating group) is 2. The molecule has 184 valence electrons. The highest BCUT2D eigenvalue weighted by Gasteiger charge is 2.58. The van der Waals surface area contributed by atoms with Crippen LogP contribution < -0.4 is 11.1 Å². The fraction of sp³-hybridized carbons (Fsp3) is 0.957. The minimum Gasteiger partial charge on any atom is -0.393 e. The molecule has 0 aliphatic carbocycles. The van der Waals surface area contributed by atoms with Gasteiger partial charge in [-0.2, -0.15) is 0 Å². The van der Waals surface area contributed by atoms with Crippen LogP contribution in [0.25, 0.3) is 0 Å². The van der Waals surface area contributed by atoms with Gasteiger partial charge in [0.05, 0.1) is 6.10 Å². The third kappa shape index (κ3) is 4.58. The summed E-state index contributed by atoms with van der Waals surface area (Å²) in [5.41, 5.74) is 5.64. The topological polar surface area (TPSA) is 91.5 Å². The summed E-state index contributed by atoms with van der Waals surface area (Å²) in [5, 5.41) is 19.3. The van der Waals surface area contributed by atoms with Gasteiger partial charge in [-0.25, -0.2) is 10.0 Å². The molecule has 4 fully saturated rings. The third-order valence-corrected chi connectivity index (χ3v) is 8.22. The van der Waals surface area contributed by atoms with E-state index in [0.717, 1.165) is 84.6 Å². The van der Waals surface area contributed by atoms with Crippen molar-refractivity contribution < 1.29 is 9.90 Å². The number of nitrogens with zero attached hydrogens (tertiary/aromatic N) is 5. The number of hydrazine groups is 1. The summed E-state index contributed by atoms with van der Waals surface area (Å²) in [6.07, 6.45) is 7.08. The number of primary amides is 1. The monoisotopic (exact) mass is 451 g/mol. The van der Waals surface area contributed by atoms with E-state index in [4.69, 9.17) is 5.73 Å². The first-order valence-corrected chi connectivity index (χ1v) is 12.9. The van der Waals surface area contributed by atoms with Crippen molar-refractivity contribution in [3.05, 3.63) is 0 Å². The number of rotatable bonds is 6. The number of piperidine rings is 3. The number of amides is 1. The highest BCUT2D eigenvalue weighted by Crippen LogP contribution is 2.39. The van der Waals surface area contributed by atoms with Crippen LogP contribution in [0, 0.1) is 5.92 Å². The van der Waals surface area contributed by atoms with Crippen molar-refractivity contribution in [3.63, 3.8) is 0 Å². The summed E-state index contributed by atoms with van der Waals surface area (Å²) in [6, 6.07) is 0. The molecule has 4 heterocycles. The summed E-state index contributed by atoms with van der Waals surface area (Å²) in [6.45, 7) is 10.8. The highest BCUT2D eigenvalue weighted by atomic mass is 16.3. The van der Waals surface area contributed by atoms with Crippen molar-refractivity contribution in [1.82, 2.24) is 30.0 Å². The second kappa shape index (κ2) is 10.6. The Hall–Kier alpha value is -0.810. The summed E-state index contributed by atoms with van der Waals surface area (Å²) in [5.74, 6) is -0.443. The number of likely N-dealkylation sites (tertiary alicyclic amines) is 2. The van der Waals surface area contributed by atoms with Gasteiger partial charge in [-0.1, -0.05) is 13.3 Å². The molecular weight excluding hydrogens is 406 g/mol. The van der Waals surface area contributed by atoms with Gasteiger partial charge in [-0.05, 0) is 52.1 Å². The lowest BCUT2D eigenvalue weighted by Gasteiger charge is -2.67. The van der Waals surface area contributed by atoms with E-state index in [1.165, 1.54) is 19.3 Å². The number of nitrogens with one attached hydrogen (secondary N) is 1. The minimum absolute atomic E-state index is 0.00204. The maximum Gasteiger partial charge on any atom is 0.220 e. The first kappa shape index (κ1) is 24.3. The predicted octanol–water partition coefficient (Wildman–Crippen LogP) is -0.122. The van der Waals surface area contributed by atoms with Crippen LogP contribution in [0.2, 0.25) is 0 Å². The number of hydrogen-bond donors (Lipinski definition) is 3. The van der Waals surface area contributed by atoms with Gasteiger partial charge in [0.1, 0.15) is 6.17 Å². The average molecular weight is 452 g/mol. The zero-order valence-corrected chi connectivity index (χ0v) is 20.2. The van der Waals surface area contributed by atoms with Gasteiger partial charge >= 0.3 is 0 Å². The molecule has 2 atom stereocenters. The Morgan fingerprint density at radius 1 is 0.938 bits per heavy atom. The van der Waals surface area contributed by atoms with Crippen LogP contribution in [-0.2, 0) is 4.79 Å². The van der Waals surface area contributed by atoms with Crippen molar-refractivity contribution in [2.75, 3.05) is 66.0 Å². The Morgan fingerprint density at radius 3 is 2.16 bits per heavy atom. The minimum atomic E-state index is -0.289. The van der Waals surface area contributed by atoms with Gasteiger partial charge in [0.15, 0.2) is 5.79 Å². The van der Waals surface area contributed by atoms with Crippen molar-refractivity contribution in [2.45, 2.75) is 69.9 Å². The quantitative estimate of drug-likeness (QED) is 0.515. The molecule has 4 rings (SSSR count). The normalized spacial score (nSPS) is 34.2. The first-order valence-electron chi connectivity index (χ1n) is 12.9. The van der Waals surface area contributed by atoms with Gasteiger partial charge in [-0.15, -0.1) is 0 Å². The average Bonchev–Trinajstić information content (AvgIpc) is 2.82. The fourth-order valence-corrected chi connectivity index (χ4v) is 6.50. The third-order valence-electron chi connectivity index (χ3n) is 8.22. The Balaban J connectivity index is 1.72. The molecule has 9 heteroatoms. The number of hydrogen-bond acceptors (Lipinski definition) is 8. The molecule has 0 spiro atoms. The molecule has 4 saturated heterocycles. The molecule has 0 bridgehead atoms. The SMILES string of the molecule is CCNC1N(C)CCN(N2CCC(C(N)=O)CC2)C1(N1CCCCC1)N1CCC(O)CC1. The van der Waals surface area contributed by atoms with E-state index >= 15 is 0 Å². The molecule has 0 aromatic rings. The molecule has 0 saturated carbocycles. The Labute approximate surface area is 193 Å². The lowest BCUT2D eigenvalue weighted by molar-refractivity contribution is -0.309. The van der Waals surface area contributed by atoms with E-state index in [2.05, 4.69) is 44.0 Å². The molecule has 0 radical (unpaired) electrons. The highest BCUT2D eigenvalue weighted by molar-refractivity contribution is 5.76. The summed E-state index contributed by atoms with van der Waals surface area (Å²) in [4.78, 5) is 19.7. The zero-order chi connectivity index (χ0) is 22.7. The van der Waals surface area contributed by atoms with E-state index < -0.39 is 0 Å². The van der Waals surface area contributed by atoms with E-state index in [9.17, 15) is 9.90 Å². The van der Waals surface area contributed by atoms with Gasteiger partial charge in [0.25, 0.3) is 0 Å². The van der Waals surface area contributed by atoms with Crippen molar-refractivity contribution in [2.24, 2.45) is 11.7 Å². The Kier molecular flexibility index (Phi) is 8.08. The lowest BCUT2D eigenvalue weighted by Crippen LogP contribution is -2.86. The number of nitrogens with two attached hydrogens (primary N) is 1. The lowest BCUT2D eigenvalue weighted by atomic mass is 9.95. The largest absolute Gasteiger partial charge is 0.393 e. The molecule has 1 amide bonds. The van der Waals surface area contributed by atoms with E-state index in [-0.39, 0.29) is 29.9 Å². The molecular formula is C23H45N7O2. The van der Waals surface area contributed by atoms with Crippen LogP contribution >= 0.6 is 0 Å². The van der Waals surface area contributed by atoms with Crippen molar-refractivity contribution in [3.8, 4) is 0 Å². The molecule has 32 heavy (non-hydrogen) atoms. The van der Waals surface area contributed by atoms with E-state index in [1.807, 2.05) is 0 Å². The zero-order valence-electron chi connectivity index (χ0n) is 20.2. The maximum atomic E-state index is 11.8. The molecule has 9 nitrogen and oxygen atoms in total. The molecule has 0 aromatic heterocycles. The van der Waals surface area contributed by atoms with E-state index in [1.54, 1.807) is 0 Å². The summed E-state index contributed by atoms with van der Waals surface area (Å²) in [7, 11) is 2.25. The van der Waals surface area contributed by atoms with Crippen LogP contribution in [0.1, 0.15) is 51.9 Å². The van der Waals surface area contributed by atoms with Gasteiger partial charge < -0.3 is 10.8 Å². The number of piperazine rings is 1. The van der Waals surface area contributed by atoms with Crippen LogP contribution in [0.15, 0.2) is 0 Å². The Bertz CT molecular complexity index is 615. The molecule has 4 N–H and O–H groups in total. The van der Waals surface area contributed by atoms with Gasteiger partial charge in [0, 0.05) is 58.3 Å². The van der Waals surface area contributed by atoms with Gasteiger partial charge in [0.2, 0.25) is 5.91 Å². The molecule has 2 unspecified atom stereocenters. The van der Waals surface area contributed by atoms with Crippen LogP contribution in [0.4, 0.5) is 0 Å². The van der Waals surface area contributed by atoms with Crippen molar-refractivity contribution >= 4 is 5.91 Å². The summed E-state index contributed by atoms with van der Waals surface area (Å²) < 4.78 is 0. The Morgan fingerprint density at radius 2 is 1.56 bits per heavy atom. The van der Waals surface area contributed by atoms with Gasteiger partial charge in [-0.3, -0.25) is 24.8 Å². The summed E-state index contributed by atoms with van der Waals surface area (Å²) >= 11 is 0. The standard InChI is InChI=1S/C23H45N7O2/c1-3-25-22-23(27-11-5-4-6-12-27,28-13-9-20(31)10-14-28)30(18-17-26(22)2)29-15-7-19(8-16-29)21(24)32/h19-20,22,25,31H,3-18H2,1-2H3,(H2,24,32). The van der Waals surface area contributed by atoms with Crippen LogP contribution in [0.5, 0.6) is 0 Å². The predicted molar refractivity (Wildman–Crippen MR) is 125 cm³/mol. The molecule has 0 aromatic carbocycles. The smallest absolute Gasteiger partial charge is 0.220 e. The number of aliphatic hydroxyl groups excluding tert-OH is 1. The van der Waals surface area contributed by atoms with Crippen LogP contribution in [-0.4, -0.2) is 120 Å². The second-order valence-corrected chi connectivity index (χ2v) is 10.1. The second-order valence-electron chi connectivity index (χ2n) is 10.1.